The van der Waals surface area contributed by atoms with Gasteiger partial charge in [0.05, 0.1) is 13.2 Å². The maximum absolute atomic E-state index is 12.9. The molecule has 3 aromatic rings. The maximum Gasteiger partial charge on any atom is 0.318 e. The number of hydrogen-bond donors (Lipinski definition) is 2. The van der Waals surface area contributed by atoms with Crippen molar-refractivity contribution in [1.29, 1.82) is 0 Å². The van der Waals surface area contributed by atoms with Crippen molar-refractivity contribution in [3.63, 3.8) is 0 Å². The normalized spacial score (nSPS) is 16.3. The molecule has 0 saturated carbocycles. The second kappa shape index (κ2) is 13.4. The lowest BCUT2D eigenvalue weighted by molar-refractivity contribution is -0.151. The summed E-state index contributed by atoms with van der Waals surface area (Å²) in [5.41, 5.74) is 0.893. The molecule has 0 spiro atoms. The van der Waals surface area contributed by atoms with Crippen LogP contribution in [-0.4, -0.2) is 59.7 Å². The highest BCUT2D eigenvalue weighted by molar-refractivity contribution is 5.96. The van der Waals surface area contributed by atoms with Crippen molar-refractivity contribution in [2.75, 3.05) is 32.8 Å². The molecule has 212 valence electrons. The van der Waals surface area contributed by atoms with Gasteiger partial charge in [-0.25, -0.2) is 0 Å². The van der Waals surface area contributed by atoms with Crippen LogP contribution in [0.15, 0.2) is 84.9 Å². The lowest BCUT2D eigenvalue weighted by atomic mass is 9.72. The molecule has 1 fully saturated rings. The van der Waals surface area contributed by atoms with Crippen molar-refractivity contribution < 1.29 is 24.5 Å². The Balaban J connectivity index is 1.31. The Morgan fingerprint density at radius 2 is 1.43 bits per heavy atom. The van der Waals surface area contributed by atoms with Gasteiger partial charge in [-0.15, -0.1) is 0 Å². The molecular formula is C34H41NO5. The summed E-state index contributed by atoms with van der Waals surface area (Å²) in [6.07, 6.45) is 2.94. The van der Waals surface area contributed by atoms with Crippen LogP contribution in [0.3, 0.4) is 0 Å². The van der Waals surface area contributed by atoms with Gasteiger partial charge >= 0.3 is 5.97 Å². The Labute approximate surface area is 237 Å². The van der Waals surface area contributed by atoms with Gasteiger partial charge in [-0.3, -0.25) is 9.59 Å². The number of ketones is 1. The number of ether oxygens (including phenoxy) is 1. The predicted molar refractivity (Wildman–Crippen MR) is 156 cm³/mol. The highest BCUT2D eigenvalue weighted by atomic mass is 16.5. The second-order valence-corrected chi connectivity index (χ2v) is 10.9. The molecule has 1 aliphatic heterocycles. The molecule has 0 radical (unpaired) electrons. The Hall–Kier alpha value is -3.32. The zero-order valence-corrected chi connectivity index (χ0v) is 23.6. The average Bonchev–Trinajstić information content (AvgIpc) is 3.01. The fourth-order valence-electron chi connectivity index (χ4n) is 5.79. The zero-order chi connectivity index (χ0) is 28.6. The van der Waals surface area contributed by atoms with Crippen LogP contribution >= 0.6 is 0 Å². The van der Waals surface area contributed by atoms with E-state index in [0.29, 0.717) is 17.5 Å². The summed E-state index contributed by atoms with van der Waals surface area (Å²) in [5, 5.41) is 21.9. The van der Waals surface area contributed by atoms with Gasteiger partial charge in [0.1, 0.15) is 11.0 Å². The predicted octanol–water partition coefficient (Wildman–Crippen LogP) is 5.11. The van der Waals surface area contributed by atoms with E-state index in [1.165, 1.54) is 0 Å². The number of carbonyl (C=O) groups excluding carboxylic acids is 2. The van der Waals surface area contributed by atoms with E-state index in [0.717, 1.165) is 50.0 Å². The van der Waals surface area contributed by atoms with Gasteiger partial charge < -0.3 is 19.8 Å². The van der Waals surface area contributed by atoms with Gasteiger partial charge in [-0.2, -0.15) is 0 Å². The highest BCUT2D eigenvalue weighted by Crippen LogP contribution is 2.41. The topological polar surface area (TPSA) is 87.1 Å². The van der Waals surface area contributed by atoms with Crippen molar-refractivity contribution >= 4 is 11.8 Å². The third kappa shape index (κ3) is 6.35. The summed E-state index contributed by atoms with van der Waals surface area (Å²) in [6, 6.07) is 26.8. The number of aliphatic hydroxyl groups excluding tert-OH is 1. The van der Waals surface area contributed by atoms with E-state index >= 15 is 0 Å². The van der Waals surface area contributed by atoms with Crippen LogP contribution in [0.25, 0.3) is 0 Å². The van der Waals surface area contributed by atoms with E-state index in [1.54, 1.807) is 38.1 Å². The zero-order valence-electron chi connectivity index (χ0n) is 23.6. The number of carbonyl (C=O) groups is 2. The van der Waals surface area contributed by atoms with Crippen LogP contribution in [0, 0.1) is 5.92 Å². The van der Waals surface area contributed by atoms with Gasteiger partial charge in [0.2, 0.25) is 0 Å². The fourth-order valence-corrected chi connectivity index (χ4v) is 5.79. The van der Waals surface area contributed by atoms with Crippen LogP contribution in [0.1, 0.15) is 66.6 Å². The van der Waals surface area contributed by atoms with Crippen molar-refractivity contribution in [1.82, 2.24) is 4.90 Å². The number of Topliss-reactive ketones (excluding diaryl/α,β-unsaturated/α-hetero) is 1. The summed E-state index contributed by atoms with van der Waals surface area (Å²) >= 11 is 0. The number of likely N-dealkylation sites (tertiary alicyclic amines) is 1. The first-order chi connectivity index (χ1) is 19.3. The third-order valence-electron chi connectivity index (χ3n) is 8.37. The number of rotatable bonds is 12. The highest BCUT2D eigenvalue weighted by Gasteiger charge is 2.41. The number of esters is 1. The smallest absolute Gasteiger partial charge is 0.318 e. The second-order valence-electron chi connectivity index (χ2n) is 10.9. The summed E-state index contributed by atoms with van der Waals surface area (Å²) in [6.45, 7) is 5.83. The molecule has 0 amide bonds. The molecule has 1 saturated heterocycles. The van der Waals surface area contributed by atoms with Crippen molar-refractivity contribution in [2.45, 2.75) is 50.5 Å². The van der Waals surface area contributed by atoms with Gasteiger partial charge in [-0.05, 0) is 75.4 Å². The van der Waals surface area contributed by atoms with Gasteiger partial charge in [0.15, 0.2) is 5.78 Å². The summed E-state index contributed by atoms with van der Waals surface area (Å²) in [5.74, 6) is -0.315. The molecule has 0 aliphatic carbocycles. The van der Waals surface area contributed by atoms with E-state index in [1.807, 2.05) is 60.7 Å². The minimum atomic E-state index is -1.16. The lowest BCUT2D eigenvalue weighted by Gasteiger charge is -2.42. The number of piperidine rings is 1. The largest absolute Gasteiger partial charge is 0.465 e. The van der Waals surface area contributed by atoms with Crippen LogP contribution in [0.2, 0.25) is 0 Å². The Kier molecular flexibility index (Phi) is 9.90. The third-order valence-corrected chi connectivity index (χ3v) is 8.37. The quantitative estimate of drug-likeness (QED) is 0.244. The van der Waals surface area contributed by atoms with Crippen molar-refractivity contribution in [3.8, 4) is 0 Å². The first kappa shape index (κ1) is 29.7. The molecule has 1 heterocycles. The number of benzene rings is 3. The molecule has 4 rings (SSSR count). The van der Waals surface area contributed by atoms with Crippen LogP contribution in [0.5, 0.6) is 0 Å². The minimum Gasteiger partial charge on any atom is -0.465 e. The van der Waals surface area contributed by atoms with Gasteiger partial charge in [0.25, 0.3) is 0 Å². The Bertz CT molecular complexity index is 1200. The number of hydrogen-bond acceptors (Lipinski definition) is 6. The van der Waals surface area contributed by atoms with Gasteiger partial charge in [-0.1, -0.05) is 84.9 Å². The van der Waals surface area contributed by atoms with E-state index < -0.39 is 17.0 Å². The molecule has 1 atom stereocenters. The van der Waals surface area contributed by atoms with E-state index in [2.05, 4.69) is 4.90 Å². The number of nitrogens with zero attached hydrogens (tertiary/aromatic N) is 1. The molecule has 0 aromatic heterocycles. The van der Waals surface area contributed by atoms with E-state index in [-0.39, 0.29) is 24.9 Å². The monoisotopic (exact) mass is 543 g/mol. The molecule has 1 aliphatic rings. The molecule has 6 heteroatoms. The standard InChI is InChI=1S/C34H41NO5/c1-3-40-32(38)33(2,25-36)27-18-16-26(17-19-27)31(37)15-10-22-35-23-20-30(21-24-35)34(39,28-11-6-4-7-12-28)29-13-8-5-9-14-29/h4-9,11-14,16-19,30,36,39H,3,10,15,20-25H2,1-2H3. The summed E-state index contributed by atoms with van der Waals surface area (Å²) < 4.78 is 5.13. The molecule has 6 nitrogen and oxygen atoms in total. The maximum atomic E-state index is 12.9. The van der Waals surface area contributed by atoms with E-state index in [9.17, 15) is 19.8 Å². The van der Waals surface area contributed by atoms with Crippen LogP contribution in [0.4, 0.5) is 0 Å². The average molecular weight is 544 g/mol. The van der Waals surface area contributed by atoms with Crippen molar-refractivity contribution in [2.24, 2.45) is 5.92 Å². The van der Waals surface area contributed by atoms with Gasteiger partial charge in [0, 0.05) is 12.0 Å². The van der Waals surface area contributed by atoms with E-state index in [4.69, 9.17) is 4.74 Å². The van der Waals surface area contributed by atoms with Crippen LogP contribution < -0.4 is 0 Å². The Morgan fingerprint density at radius 1 is 0.875 bits per heavy atom. The van der Waals surface area contributed by atoms with Crippen molar-refractivity contribution in [3.05, 3.63) is 107 Å². The first-order valence-corrected chi connectivity index (χ1v) is 14.3. The van der Waals surface area contributed by atoms with Crippen LogP contribution in [-0.2, 0) is 20.5 Å². The number of aliphatic hydroxyl groups is 2. The summed E-state index contributed by atoms with van der Waals surface area (Å²) in [4.78, 5) is 27.6. The lowest BCUT2D eigenvalue weighted by Crippen LogP contribution is -2.44. The molecule has 2 N–H and O–H groups in total. The summed E-state index contributed by atoms with van der Waals surface area (Å²) in [7, 11) is 0. The molecule has 3 aromatic carbocycles. The molecule has 0 bridgehead atoms. The molecular weight excluding hydrogens is 502 g/mol. The molecule has 1 unspecified atom stereocenters. The Morgan fingerprint density at radius 3 is 1.93 bits per heavy atom. The molecule has 40 heavy (non-hydrogen) atoms. The SMILES string of the molecule is CCOC(=O)C(C)(CO)c1ccc(C(=O)CCCN2CCC(C(O)(c3ccccc3)c3ccccc3)CC2)cc1. The minimum absolute atomic E-state index is 0.0609. The fraction of sp³-hybridized carbons (Fsp3) is 0.412. The first-order valence-electron chi connectivity index (χ1n) is 14.3.